The molecule has 1 N–H and O–H groups in total. The third kappa shape index (κ3) is 4.97. The smallest absolute Gasteiger partial charge is 0.347 e. The van der Waals surface area contributed by atoms with Crippen molar-refractivity contribution in [2.24, 2.45) is 11.3 Å². The zero-order chi connectivity index (χ0) is 21.1. The number of carbonyl (C=O) groups is 1. The average Bonchev–Trinajstić information content (AvgIpc) is 3.09. The van der Waals surface area contributed by atoms with Gasteiger partial charge in [0.25, 0.3) is 0 Å². The second-order valence-corrected chi connectivity index (χ2v) is 7.70. The Morgan fingerprint density at radius 1 is 1.34 bits per heavy atom. The zero-order valence-electron chi connectivity index (χ0n) is 16.7. The maximum atomic E-state index is 13.2. The summed E-state index contributed by atoms with van der Waals surface area (Å²) in [5.41, 5.74) is -0.367. The highest BCUT2D eigenvalue weighted by Crippen LogP contribution is 2.61. The van der Waals surface area contributed by atoms with Crippen molar-refractivity contribution in [3.63, 3.8) is 0 Å². The molecule has 0 bridgehead atoms. The molecule has 1 aromatic rings. The minimum atomic E-state index is -4.47. The van der Waals surface area contributed by atoms with Crippen LogP contribution in [0.2, 0.25) is 0 Å². The highest BCUT2D eigenvalue weighted by Gasteiger charge is 2.54. The fraction of sp³-hybridized carbons (Fsp3) is 0.571. The van der Waals surface area contributed by atoms with Gasteiger partial charge >= 0.3 is 6.18 Å². The van der Waals surface area contributed by atoms with Crippen LogP contribution in [-0.4, -0.2) is 22.2 Å². The van der Waals surface area contributed by atoms with E-state index in [2.05, 4.69) is 15.5 Å². The summed E-state index contributed by atoms with van der Waals surface area (Å²) >= 11 is 0. The quantitative estimate of drug-likeness (QED) is 0.635. The normalized spacial score (nSPS) is 21.9. The largest absolute Gasteiger partial charge is 0.416 e. The van der Waals surface area contributed by atoms with Crippen molar-refractivity contribution in [3.8, 4) is 0 Å². The van der Waals surface area contributed by atoms with Gasteiger partial charge in [0.1, 0.15) is 0 Å². The molecule has 0 aliphatic heterocycles. The van der Waals surface area contributed by atoms with E-state index in [9.17, 15) is 18.0 Å². The zero-order valence-corrected chi connectivity index (χ0v) is 16.7. The van der Waals surface area contributed by atoms with Gasteiger partial charge in [-0.25, -0.2) is 0 Å². The van der Waals surface area contributed by atoms with E-state index in [0.29, 0.717) is 0 Å². The molecular weight excluding hydrogens is 383 g/mol. The lowest BCUT2D eigenvalue weighted by Gasteiger charge is -2.16. The molecule has 1 heterocycles. The Bertz CT molecular complexity index is 832. The molecule has 0 saturated heterocycles. The molecule has 1 amide bonds. The van der Waals surface area contributed by atoms with Crippen molar-refractivity contribution < 1.29 is 22.5 Å². The first-order valence-corrected chi connectivity index (χ1v) is 10.0. The number of amides is 1. The van der Waals surface area contributed by atoms with Gasteiger partial charge in [0, 0.05) is 11.5 Å². The second-order valence-electron chi connectivity index (χ2n) is 7.70. The van der Waals surface area contributed by atoms with Gasteiger partial charge < -0.3 is 9.84 Å². The molecule has 0 aromatic carbocycles. The molecule has 2 aliphatic rings. The first kappa shape index (κ1) is 21.3. The molecule has 3 rings (SSSR count). The topological polar surface area (TPSA) is 68.0 Å². The van der Waals surface area contributed by atoms with Crippen LogP contribution in [0.25, 0.3) is 5.57 Å². The van der Waals surface area contributed by atoms with E-state index in [1.165, 1.54) is 6.08 Å². The molecule has 0 radical (unpaired) electrons. The van der Waals surface area contributed by atoms with Crippen molar-refractivity contribution in [1.82, 2.24) is 15.5 Å². The van der Waals surface area contributed by atoms with Crippen LogP contribution in [0.1, 0.15) is 64.1 Å². The predicted molar refractivity (Wildman–Crippen MR) is 102 cm³/mol. The second kappa shape index (κ2) is 8.55. The van der Waals surface area contributed by atoms with E-state index >= 15 is 0 Å². The fourth-order valence-corrected chi connectivity index (χ4v) is 4.05. The van der Waals surface area contributed by atoms with Crippen molar-refractivity contribution in [2.75, 3.05) is 0 Å². The van der Waals surface area contributed by atoms with Crippen LogP contribution in [0.4, 0.5) is 13.2 Å². The third-order valence-corrected chi connectivity index (χ3v) is 5.66. The lowest BCUT2D eigenvalue weighted by atomic mass is 9.92. The summed E-state index contributed by atoms with van der Waals surface area (Å²) in [6.45, 7) is 3.40. The molecule has 29 heavy (non-hydrogen) atoms. The number of hydrogen-bond acceptors (Lipinski definition) is 4. The Morgan fingerprint density at radius 2 is 2.10 bits per heavy atom. The Labute approximate surface area is 168 Å². The summed E-state index contributed by atoms with van der Waals surface area (Å²) in [6.07, 6.45) is 6.32. The van der Waals surface area contributed by atoms with Crippen LogP contribution in [0.5, 0.6) is 0 Å². The Morgan fingerprint density at radius 3 is 2.72 bits per heavy atom. The van der Waals surface area contributed by atoms with E-state index in [1.807, 2.05) is 0 Å². The number of halogens is 3. The summed E-state index contributed by atoms with van der Waals surface area (Å²) in [4.78, 5) is 16.7. The average molecular weight is 409 g/mol. The molecule has 2 fully saturated rings. The van der Waals surface area contributed by atoms with Crippen LogP contribution in [0, 0.1) is 11.3 Å². The molecule has 1 aromatic heterocycles. The van der Waals surface area contributed by atoms with Crippen molar-refractivity contribution >= 4 is 11.5 Å². The highest BCUT2D eigenvalue weighted by atomic mass is 19.4. The number of aromatic nitrogens is 2. The van der Waals surface area contributed by atoms with E-state index in [1.54, 1.807) is 19.9 Å². The van der Waals surface area contributed by atoms with Gasteiger partial charge in [-0.15, -0.1) is 0 Å². The van der Waals surface area contributed by atoms with Gasteiger partial charge in [-0.05, 0) is 50.5 Å². The summed E-state index contributed by atoms with van der Waals surface area (Å²) in [5.74, 6) is 0.254. The maximum Gasteiger partial charge on any atom is 0.416 e. The SMILES string of the molecule is C\C=C/C(=C\C(=C\CC)C(F)(F)F)c1noc(CNC(=O)C2CCCC23CC3)n1. The first-order chi connectivity index (χ1) is 13.8. The van der Waals surface area contributed by atoms with E-state index in [-0.39, 0.29) is 47.5 Å². The van der Waals surface area contributed by atoms with Gasteiger partial charge in [-0.3, -0.25) is 4.79 Å². The van der Waals surface area contributed by atoms with Gasteiger partial charge in [0.15, 0.2) is 0 Å². The van der Waals surface area contributed by atoms with Gasteiger partial charge in [0.2, 0.25) is 17.6 Å². The number of carbonyl (C=O) groups excluding carboxylic acids is 1. The number of nitrogens with zero attached hydrogens (tertiary/aromatic N) is 2. The van der Waals surface area contributed by atoms with Gasteiger partial charge in [-0.2, -0.15) is 18.2 Å². The highest BCUT2D eigenvalue weighted by molar-refractivity contribution is 5.80. The fourth-order valence-electron chi connectivity index (χ4n) is 4.05. The van der Waals surface area contributed by atoms with E-state index in [4.69, 9.17) is 4.52 Å². The van der Waals surface area contributed by atoms with Gasteiger partial charge in [0.05, 0.1) is 12.1 Å². The van der Waals surface area contributed by atoms with E-state index < -0.39 is 11.7 Å². The molecular formula is C21H26F3N3O2. The minimum absolute atomic E-state index is 0.00536. The summed E-state index contributed by atoms with van der Waals surface area (Å²) in [6, 6.07) is 0. The summed E-state index contributed by atoms with van der Waals surface area (Å²) in [5, 5.41) is 6.64. The Hall–Kier alpha value is -2.38. The van der Waals surface area contributed by atoms with Crippen LogP contribution < -0.4 is 5.32 Å². The molecule has 8 heteroatoms. The Balaban J connectivity index is 1.70. The van der Waals surface area contributed by atoms with Crippen LogP contribution in [0.15, 0.2) is 34.4 Å². The van der Waals surface area contributed by atoms with Crippen molar-refractivity contribution in [3.05, 3.63) is 41.6 Å². The number of alkyl halides is 3. The molecule has 158 valence electrons. The third-order valence-electron chi connectivity index (χ3n) is 5.66. The molecule has 2 saturated carbocycles. The molecule has 1 unspecified atom stereocenters. The number of rotatable bonds is 7. The first-order valence-electron chi connectivity index (χ1n) is 10.0. The standard InChI is InChI=1S/C21H26F3N3O2/c1-3-6-14(12-15(7-4-2)21(22,23)24)18-26-17(29-27-18)13-25-19(28)16-8-5-9-20(16)10-11-20/h3,6-7,12,16H,4-5,8-11,13H2,1-2H3,(H,25,28)/b6-3-,14-12+,15-7-. The number of allylic oxidation sites excluding steroid dienone is 6. The number of nitrogens with one attached hydrogen (secondary N) is 1. The van der Waals surface area contributed by atoms with Crippen LogP contribution >= 0.6 is 0 Å². The predicted octanol–water partition coefficient (Wildman–Crippen LogP) is 5.12. The van der Waals surface area contributed by atoms with Gasteiger partial charge in [-0.1, -0.05) is 36.7 Å². The lowest BCUT2D eigenvalue weighted by molar-refractivity contribution is -0.126. The van der Waals surface area contributed by atoms with E-state index in [0.717, 1.165) is 44.3 Å². The molecule has 1 atom stereocenters. The lowest BCUT2D eigenvalue weighted by Crippen LogP contribution is -2.33. The minimum Gasteiger partial charge on any atom is -0.347 e. The molecule has 1 spiro atoms. The maximum absolute atomic E-state index is 13.2. The van der Waals surface area contributed by atoms with Crippen LogP contribution in [0.3, 0.4) is 0 Å². The monoisotopic (exact) mass is 409 g/mol. The summed E-state index contributed by atoms with van der Waals surface area (Å²) < 4.78 is 44.8. The molecule has 5 nitrogen and oxygen atoms in total. The van der Waals surface area contributed by atoms with Crippen molar-refractivity contribution in [2.45, 2.75) is 65.1 Å². The van der Waals surface area contributed by atoms with Crippen LogP contribution in [-0.2, 0) is 11.3 Å². The molecule has 2 aliphatic carbocycles. The summed E-state index contributed by atoms with van der Waals surface area (Å²) in [7, 11) is 0. The Kier molecular flexibility index (Phi) is 6.29. The number of hydrogen-bond donors (Lipinski definition) is 1. The van der Waals surface area contributed by atoms with Crippen molar-refractivity contribution in [1.29, 1.82) is 0 Å².